The van der Waals surface area contributed by atoms with Crippen LogP contribution in [0.2, 0.25) is 10.0 Å². The average Bonchev–Trinajstić information content (AvgIpc) is 2.77. The summed E-state index contributed by atoms with van der Waals surface area (Å²) in [6.07, 6.45) is 5.58. The van der Waals surface area contributed by atoms with Crippen LogP contribution in [0.4, 0.5) is 5.69 Å². The highest BCUT2D eigenvalue weighted by atomic mass is 35.5. The summed E-state index contributed by atoms with van der Waals surface area (Å²) < 4.78 is 25.7. The molecule has 1 aliphatic heterocycles. The first-order valence-corrected chi connectivity index (χ1v) is 13.8. The molecule has 1 fully saturated rings. The number of hydrogen-bond donors (Lipinski definition) is 1. The molecule has 1 amide bonds. The molecule has 1 saturated heterocycles. The van der Waals surface area contributed by atoms with Crippen LogP contribution in [-0.4, -0.2) is 45.1 Å². The number of sulfonamides is 1. The van der Waals surface area contributed by atoms with Gasteiger partial charge in [0.15, 0.2) is 0 Å². The molecule has 180 valence electrons. The van der Waals surface area contributed by atoms with Crippen LogP contribution in [0.3, 0.4) is 0 Å². The number of halogens is 2. The van der Waals surface area contributed by atoms with Gasteiger partial charge in [-0.1, -0.05) is 53.9 Å². The molecule has 3 rings (SSSR count). The minimum Gasteiger partial charge on any atom is -0.352 e. The Morgan fingerprint density at radius 2 is 1.76 bits per heavy atom. The van der Waals surface area contributed by atoms with Gasteiger partial charge < -0.3 is 5.32 Å². The number of benzene rings is 2. The summed E-state index contributed by atoms with van der Waals surface area (Å²) >= 11 is 12.0. The van der Waals surface area contributed by atoms with Crippen LogP contribution in [0, 0.1) is 0 Å². The summed E-state index contributed by atoms with van der Waals surface area (Å²) in [5.41, 5.74) is 2.75. The van der Waals surface area contributed by atoms with Crippen molar-refractivity contribution in [3.05, 3.63) is 63.6 Å². The van der Waals surface area contributed by atoms with Gasteiger partial charge in [0.05, 0.1) is 22.0 Å². The van der Waals surface area contributed by atoms with Crippen LogP contribution in [0.15, 0.2) is 42.5 Å². The van der Waals surface area contributed by atoms with Crippen molar-refractivity contribution < 1.29 is 13.2 Å². The molecule has 0 atom stereocenters. The monoisotopic (exact) mass is 511 g/mol. The van der Waals surface area contributed by atoms with Gasteiger partial charge in [0, 0.05) is 26.1 Å². The van der Waals surface area contributed by atoms with Gasteiger partial charge in [-0.2, -0.15) is 0 Å². The Morgan fingerprint density at radius 3 is 2.45 bits per heavy atom. The summed E-state index contributed by atoms with van der Waals surface area (Å²) in [5, 5.41) is 3.58. The van der Waals surface area contributed by atoms with Gasteiger partial charge in [0.1, 0.15) is 0 Å². The number of carbonyl (C=O) groups excluding carboxylic acids is 1. The van der Waals surface area contributed by atoms with E-state index >= 15 is 0 Å². The smallest absolute Gasteiger partial charge is 0.232 e. The highest BCUT2D eigenvalue weighted by molar-refractivity contribution is 7.92. The second kappa shape index (κ2) is 12.1. The largest absolute Gasteiger partial charge is 0.352 e. The molecule has 0 saturated carbocycles. The molecule has 6 nitrogen and oxygen atoms in total. The quantitative estimate of drug-likeness (QED) is 0.495. The third-order valence-electron chi connectivity index (χ3n) is 5.69. The topological polar surface area (TPSA) is 69.7 Å². The van der Waals surface area contributed by atoms with Gasteiger partial charge in [-0.25, -0.2) is 8.42 Å². The van der Waals surface area contributed by atoms with Crippen LogP contribution in [-0.2, 0) is 27.9 Å². The lowest BCUT2D eigenvalue weighted by molar-refractivity contribution is -0.121. The van der Waals surface area contributed by atoms with E-state index in [1.54, 1.807) is 12.1 Å². The second-order valence-corrected chi connectivity index (χ2v) is 11.2. The molecule has 33 heavy (non-hydrogen) atoms. The Bertz CT molecular complexity index is 1060. The number of hydrogen-bond acceptors (Lipinski definition) is 4. The molecular weight excluding hydrogens is 481 g/mol. The summed E-state index contributed by atoms with van der Waals surface area (Å²) in [7, 11) is -3.52. The van der Waals surface area contributed by atoms with Crippen LogP contribution in [0.25, 0.3) is 0 Å². The Morgan fingerprint density at radius 1 is 1.03 bits per heavy atom. The lowest BCUT2D eigenvalue weighted by Gasteiger charge is -2.26. The van der Waals surface area contributed by atoms with E-state index in [1.165, 1.54) is 35.2 Å². The summed E-state index contributed by atoms with van der Waals surface area (Å²) in [6.45, 7) is 3.87. The fourth-order valence-electron chi connectivity index (χ4n) is 4.01. The van der Waals surface area contributed by atoms with Crippen LogP contribution >= 0.6 is 23.2 Å². The first-order chi connectivity index (χ1) is 15.7. The molecule has 0 radical (unpaired) electrons. The van der Waals surface area contributed by atoms with Crippen molar-refractivity contribution in [3.63, 3.8) is 0 Å². The zero-order chi connectivity index (χ0) is 23.8. The van der Waals surface area contributed by atoms with Gasteiger partial charge in [0.2, 0.25) is 15.9 Å². The maximum Gasteiger partial charge on any atom is 0.232 e. The summed E-state index contributed by atoms with van der Waals surface area (Å²) in [5.74, 6) is -0.112. The predicted molar refractivity (Wildman–Crippen MR) is 135 cm³/mol. The number of nitrogens with zero attached hydrogens (tertiary/aromatic N) is 2. The van der Waals surface area contributed by atoms with Crippen molar-refractivity contribution in [3.8, 4) is 0 Å². The van der Waals surface area contributed by atoms with Gasteiger partial charge in [-0.15, -0.1) is 0 Å². The molecule has 0 bridgehead atoms. The molecule has 2 aromatic carbocycles. The third kappa shape index (κ3) is 8.18. The van der Waals surface area contributed by atoms with Gasteiger partial charge in [-0.05, 0) is 61.7 Å². The first-order valence-electron chi connectivity index (χ1n) is 11.2. The zero-order valence-electron chi connectivity index (χ0n) is 18.9. The number of rotatable bonds is 10. The maximum absolute atomic E-state index is 12.4. The standard InChI is InChI=1S/C24H31Cl2N3O3S/c1-33(31,32)29(21-10-11-22(25)23(26)16-21)14-6-9-24(30)27-17-19-7-5-8-20(15-19)18-28-12-3-2-4-13-28/h5,7-8,10-11,15-16H,2-4,6,9,12-14,17-18H2,1H3,(H,27,30). The fourth-order valence-corrected chi connectivity index (χ4v) is 5.26. The van der Waals surface area contributed by atoms with E-state index in [4.69, 9.17) is 23.2 Å². The summed E-state index contributed by atoms with van der Waals surface area (Å²) in [6, 6.07) is 13.0. The number of likely N-dealkylation sites (tertiary alicyclic amines) is 1. The SMILES string of the molecule is CS(=O)(=O)N(CCCC(=O)NCc1cccc(CN2CCCCC2)c1)c1ccc(Cl)c(Cl)c1. The molecule has 0 aromatic heterocycles. The molecule has 1 N–H and O–H groups in total. The molecule has 9 heteroatoms. The van der Waals surface area contributed by atoms with E-state index in [0.29, 0.717) is 23.7 Å². The second-order valence-electron chi connectivity index (χ2n) is 8.47. The van der Waals surface area contributed by atoms with E-state index in [2.05, 4.69) is 22.3 Å². The van der Waals surface area contributed by atoms with Crippen molar-refractivity contribution in [2.45, 2.75) is 45.2 Å². The summed E-state index contributed by atoms with van der Waals surface area (Å²) in [4.78, 5) is 14.8. The maximum atomic E-state index is 12.4. The zero-order valence-corrected chi connectivity index (χ0v) is 21.2. The Labute approximate surface area is 206 Å². The van der Waals surface area contributed by atoms with E-state index < -0.39 is 10.0 Å². The van der Waals surface area contributed by atoms with Crippen LogP contribution in [0.5, 0.6) is 0 Å². The molecular formula is C24H31Cl2N3O3S. The Balaban J connectivity index is 1.48. The van der Waals surface area contributed by atoms with Crippen LogP contribution < -0.4 is 9.62 Å². The number of piperidine rings is 1. The third-order valence-corrected chi connectivity index (χ3v) is 7.63. The molecule has 0 spiro atoms. The number of carbonyl (C=O) groups is 1. The number of nitrogens with one attached hydrogen (secondary N) is 1. The molecule has 1 aliphatic rings. The molecule has 0 aliphatic carbocycles. The predicted octanol–water partition coefficient (Wildman–Crippen LogP) is 4.84. The number of amides is 1. The van der Waals surface area contributed by atoms with E-state index in [1.807, 2.05) is 12.1 Å². The fraction of sp³-hybridized carbons (Fsp3) is 0.458. The minimum atomic E-state index is -3.52. The number of anilines is 1. The molecule has 0 unspecified atom stereocenters. The molecule has 1 heterocycles. The van der Waals surface area contributed by atoms with Crippen molar-refractivity contribution >= 4 is 44.8 Å². The van der Waals surface area contributed by atoms with E-state index in [9.17, 15) is 13.2 Å². The minimum absolute atomic E-state index is 0.112. The van der Waals surface area contributed by atoms with Gasteiger partial charge in [0.25, 0.3) is 0 Å². The van der Waals surface area contributed by atoms with Crippen molar-refractivity contribution in [2.75, 3.05) is 30.2 Å². The van der Waals surface area contributed by atoms with Crippen molar-refractivity contribution in [1.82, 2.24) is 10.2 Å². The van der Waals surface area contributed by atoms with Crippen molar-refractivity contribution in [1.29, 1.82) is 0 Å². The normalized spacial score (nSPS) is 14.8. The average molecular weight is 513 g/mol. The Hall–Kier alpha value is -1.80. The lowest BCUT2D eigenvalue weighted by Crippen LogP contribution is -2.32. The van der Waals surface area contributed by atoms with E-state index in [-0.39, 0.29) is 23.9 Å². The van der Waals surface area contributed by atoms with Crippen LogP contribution in [0.1, 0.15) is 43.2 Å². The molecule has 2 aromatic rings. The van der Waals surface area contributed by atoms with E-state index in [0.717, 1.165) is 31.5 Å². The van der Waals surface area contributed by atoms with Crippen molar-refractivity contribution in [2.24, 2.45) is 0 Å². The van der Waals surface area contributed by atoms with Gasteiger partial charge in [-0.3, -0.25) is 14.0 Å². The Kier molecular flexibility index (Phi) is 9.44. The lowest BCUT2D eigenvalue weighted by atomic mass is 10.1. The highest BCUT2D eigenvalue weighted by Crippen LogP contribution is 2.28. The highest BCUT2D eigenvalue weighted by Gasteiger charge is 2.18. The first kappa shape index (κ1) is 25.8. The van der Waals surface area contributed by atoms with Gasteiger partial charge >= 0.3 is 0 Å².